The molecule has 8 heteroatoms. The highest BCUT2D eigenvalue weighted by atomic mass is 35.5. The summed E-state index contributed by atoms with van der Waals surface area (Å²) in [7, 11) is 0. The second-order valence-electron chi connectivity index (χ2n) is 6.46. The summed E-state index contributed by atoms with van der Waals surface area (Å²) in [5, 5.41) is 0.00895. The average molecular weight is 454 g/mol. The predicted octanol–water partition coefficient (Wildman–Crippen LogP) is 5.94. The number of esters is 1. The number of hydrogen-bond acceptors (Lipinski definition) is 5. The van der Waals surface area contributed by atoms with Gasteiger partial charge in [-0.2, -0.15) is 0 Å². The van der Waals surface area contributed by atoms with E-state index >= 15 is 0 Å². The molecule has 31 heavy (non-hydrogen) atoms. The van der Waals surface area contributed by atoms with Gasteiger partial charge in [-0.3, -0.25) is 9.59 Å². The summed E-state index contributed by atoms with van der Waals surface area (Å²) in [5.74, 6) is -1.21. The van der Waals surface area contributed by atoms with E-state index in [1.807, 2.05) is 0 Å². The van der Waals surface area contributed by atoms with Gasteiger partial charge in [0.25, 0.3) is 11.1 Å². The monoisotopic (exact) mass is 453 g/mol. The van der Waals surface area contributed by atoms with E-state index in [0.717, 1.165) is 16.7 Å². The molecule has 0 spiro atoms. The Kier molecular flexibility index (Phi) is 5.88. The lowest BCUT2D eigenvalue weighted by Crippen LogP contribution is -2.27. The third kappa shape index (κ3) is 4.68. The van der Waals surface area contributed by atoms with Crippen LogP contribution in [0.1, 0.15) is 15.9 Å². The summed E-state index contributed by atoms with van der Waals surface area (Å²) < 4.78 is 18.2. The molecule has 3 aromatic rings. The molecule has 3 aromatic carbocycles. The number of ether oxygens (including phenoxy) is 1. The lowest BCUT2D eigenvalue weighted by molar-refractivity contribution is -0.113. The van der Waals surface area contributed by atoms with Crippen LogP contribution in [0.15, 0.2) is 77.7 Å². The van der Waals surface area contributed by atoms with E-state index < -0.39 is 22.9 Å². The molecule has 154 valence electrons. The van der Waals surface area contributed by atoms with Crippen molar-refractivity contribution in [2.45, 2.75) is 0 Å². The molecule has 1 saturated heterocycles. The van der Waals surface area contributed by atoms with Gasteiger partial charge in [-0.05, 0) is 78.0 Å². The number of halogens is 2. The maximum atomic E-state index is 13.0. The fourth-order valence-electron chi connectivity index (χ4n) is 2.84. The molecule has 0 aromatic heterocycles. The van der Waals surface area contributed by atoms with Crippen LogP contribution in [0.4, 0.5) is 14.9 Å². The van der Waals surface area contributed by atoms with Crippen LogP contribution in [0.3, 0.4) is 0 Å². The third-order valence-corrected chi connectivity index (χ3v) is 5.43. The van der Waals surface area contributed by atoms with Gasteiger partial charge in [-0.25, -0.2) is 14.1 Å². The van der Waals surface area contributed by atoms with Crippen molar-refractivity contribution in [1.82, 2.24) is 0 Å². The molecule has 4 rings (SSSR count). The zero-order valence-electron chi connectivity index (χ0n) is 15.7. The van der Waals surface area contributed by atoms with Gasteiger partial charge in [0, 0.05) is 5.02 Å². The van der Waals surface area contributed by atoms with E-state index in [2.05, 4.69) is 0 Å². The van der Waals surface area contributed by atoms with Crippen LogP contribution in [0.2, 0.25) is 5.02 Å². The molecule has 1 aliphatic heterocycles. The van der Waals surface area contributed by atoms with Gasteiger partial charge >= 0.3 is 5.97 Å². The fraction of sp³-hybridized carbons (Fsp3) is 0. The molecule has 0 radical (unpaired) electrons. The van der Waals surface area contributed by atoms with Crippen LogP contribution in [-0.2, 0) is 4.79 Å². The van der Waals surface area contributed by atoms with E-state index in [1.165, 1.54) is 24.3 Å². The number of benzene rings is 3. The predicted molar refractivity (Wildman–Crippen MR) is 118 cm³/mol. The van der Waals surface area contributed by atoms with Gasteiger partial charge in [-0.1, -0.05) is 29.8 Å². The lowest BCUT2D eigenvalue weighted by atomic mass is 10.2. The highest BCUT2D eigenvalue weighted by Gasteiger charge is 2.36. The number of rotatable bonds is 4. The number of amides is 2. The van der Waals surface area contributed by atoms with Crippen LogP contribution in [0.25, 0.3) is 6.08 Å². The normalized spacial score (nSPS) is 14.9. The van der Waals surface area contributed by atoms with E-state index in [-0.39, 0.29) is 10.5 Å². The van der Waals surface area contributed by atoms with Crippen molar-refractivity contribution in [2.24, 2.45) is 0 Å². The Hall–Kier alpha value is -3.42. The van der Waals surface area contributed by atoms with Crippen molar-refractivity contribution < 1.29 is 23.5 Å². The number of imide groups is 1. The number of carbonyl (C=O) groups is 3. The minimum Gasteiger partial charge on any atom is -0.423 e. The molecule has 0 atom stereocenters. The topological polar surface area (TPSA) is 63.7 Å². The van der Waals surface area contributed by atoms with Crippen molar-refractivity contribution in [2.75, 3.05) is 4.90 Å². The second-order valence-corrected chi connectivity index (χ2v) is 7.89. The molecule has 0 saturated carbocycles. The minimum absolute atomic E-state index is 0.222. The summed E-state index contributed by atoms with van der Waals surface area (Å²) in [5.41, 5.74) is 1.28. The van der Waals surface area contributed by atoms with Crippen LogP contribution in [0.5, 0.6) is 5.75 Å². The second kappa shape index (κ2) is 8.75. The van der Waals surface area contributed by atoms with Gasteiger partial charge < -0.3 is 4.74 Å². The van der Waals surface area contributed by atoms with Crippen LogP contribution in [0, 0.1) is 5.82 Å². The zero-order chi connectivity index (χ0) is 22.0. The third-order valence-electron chi connectivity index (χ3n) is 4.33. The highest BCUT2D eigenvalue weighted by Crippen LogP contribution is 2.36. The zero-order valence-corrected chi connectivity index (χ0v) is 17.3. The molecule has 2 amide bonds. The van der Waals surface area contributed by atoms with Crippen molar-refractivity contribution in [3.8, 4) is 5.75 Å². The summed E-state index contributed by atoms with van der Waals surface area (Å²) in [4.78, 5) is 38.5. The first-order valence-electron chi connectivity index (χ1n) is 9.02. The fourth-order valence-corrected chi connectivity index (χ4v) is 3.87. The van der Waals surface area contributed by atoms with Crippen LogP contribution < -0.4 is 9.64 Å². The van der Waals surface area contributed by atoms with Crippen molar-refractivity contribution >= 4 is 52.2 Å². The molecular formula is C23H13ClFNO4S. The number of anilines is 1. The number of carbonyl (C=O) groups excluding carboxylic acids is 3. The van der Waals surface area contributed by atoms with Gasteiger partial charge in [-0.15, -0.1) is 0 Å². The lowest BCUT2D eigenvalue weighted by Gasteiger charge is -2.12. The minimum atomic E-state index is -0.615. The van der Waals surface area contributed by atoms with Crippen molar-refractivity contribution in [1.29, 1.82) is 0 Å². The maximum Gasteiger partial charge on any atom is 0.343 e. The summed E-state index contributed by atoms with van der Waals surface area (Å²) in [6.45, 7) is 0. The van der Waals surface area contributed by atoms with Gasteiger partial charge in [0.05, 0.1) is 16.2 Å². The van der Waals surface area contributed by atoms with E-state index in [1.54, 1.807) is 54.6 Å². The molecule has 5 nitrogen and oxygen atoms in total. The van der Waals surface area contributed by atoms with E-state index in [4.69, 9.17) is 16.3 Å². The molecule has 1 fully saturated rings. The molecule has 0 bridgehead atoms. The van der Waals surface area contributed by atoms with Crippen molar-refractivity contribution in [3.63, 3.8) is 0 Å². The van der Waals surface area contributed by atoms with Gasteiger partial charge in [0.15, 0.2) is 0 Å². The van der Waals surface area contributed by atoms with Crippen LogP contribution in [-0.4, -0.2) is 17.1 Å². The Labute approximate surface area is 186 Å². The van der Waals surface area contributed by atoms with E-state index in [9.17, 15) is 18.8 Å². The first-order chi connectivity index (χ1) is 14.9. The van der Waals surface area contributed by atoms with Crippen LogP contribution >= 0.6 is 23.4 Å². The quantitative estimate of drug-likeness (QED) is 0.278. The Morgan fingerprint density at radius 2 is 1.71 bits per heavy atom. The van der Waals surface area contributed by atoms with Gasteiger partial charge in [0.1, 0.15) is 11.6 Å². The van der Waals surface area contributed by atoms with E-state index in [0.29, 0.717) is 22.0 Å². The van der Waals surface area contributed by atoms with Crippen molar-refractivity contribution in [3.05, 3.63) is 99.7 Å². The Bertz CT molecular complexity index is 1210. The molecular weight excluding hydrogens is 441 g/mol. The molecule has 0 N–H and O–H groups in total. The summed E-state index contributed by atoms with van der Waals surface area (Å²) in [6, 6.07) is 18.0. The molecule has 0 aliphatic carbocycles. The smallest absolute Gasteiger partial charge is 0.343 e. The first kappa shape index (κ1) is 20.8. The SMILES string of the molecule is O=C(Oc1ccc(/C=C2\SC(=O)N(c3cccc(Cl)c3)C2=O)cc1)c1ccc(F)cc1. The standard InChI is InChI=1S/C23H13ClFNO4S/c24-16-2-1-3-18(13-16)26-21(27)20(31-23(26)29)12-14-4-10-19(11-5-14)30-22(28)15-6-8-17(25)9-7-15/h1-13H/b20-12-. The average Bonchev–Trinajstić information content (AvgIpc) is 3.02. The summed E-state index contributed by atoms with van der Waals surface area (Å²) >= 11 is 6.79. The molecule has 0 unspecified atom stereocenters. The van der Waals surface area contributed by atoms with Gasteiger partial charge in [0.2, 0.25) is 0 Å². The maximum absolute atomic E-state index is 13.0. The number of thioether (sulfide) groups is 1. The Morgan fingerprint density at radius 3 is 2.39 bits per heavy atom. The Morgan fingerprint density at radius 1 is 1.00 bits per heavy atom. The Balaban J connectivity index is 1.48. The highest BCUT2D eigenvalue weighted by molar-refractivity contribution is 8.19. The summed E-state index contributed by atoms with van der Waals surface area (Å²) in [6.07, 6.45) is 1.58. The number of hydrogen-bond donors (Lipinski definition) is 0. The number of nitrogens with zero attached hydrogens (tertiary/aromatic N) is 1. The molecule has 1 aliphatic rings. The molecule has 1 heterocycles. The largest absolute Gasteiger partial charge is 0.423 e. The first-order valence-corrected chi connectivity index (χ1v) is 10.2.